The molecule has 8 nitrogen and oxygen atoms in total. The normalized spacial score (nSPS) is 11.7. The lowest BCUT2D eigenvalue weighted by Crippen LogP contribution is -2.11. The highest BCUT2D eigenvalue weighted by Gasteiger charge is 2.19. The lowest BCUT2D eigenvalue weighted by Gasteiger charge is -2.12. The number of hydrogen-bond donors (Lipinski definition) is 1. The van der Waals surface area contributed by atoms with E-state index in [-0.39, 0.29) is 11.6 Å². The van der Waals surface area contributed by atoms with Crippen molar-refractivity contribution >= 4 is 26.9 Å². The number of halogens is 1. The number of pyridine rings is 1. The molecular weight excluding hydrogens is 443 g/mol. The van der Waals surface area contributed by atoms with Gasteiger partial charge in [0.05, 0.1) is 29.2 Å². The van der Waals surface area contributed by atoms with E-state index >= 15 is 0 Å². The molecule has 10 heteroatoms. The van der Waals surface area contributed by atoms with Crippen LogP contribution < -0.4 is 4.72 Å². The maximum atomic E-state index is 14.9. The fourth-order valence-electron chi connectivity index (χ4n) is 3.84. The molecule has 1 N–H and O–H groups in total. The summed E-state index contributed by atoms with van der Waals surface area (Å²) >= 11 is 0. The number of anilines is 1. The van der Waals surface area contributed by atoms with Crippen LogP contribution in [0.3, 0.4) is 0 Å². The van der Waals surface area contributed by atoms with E-state index in [0.717, 1.165) is 22.9 Å². The highest BCUT2D eigenvalue weighted by atomic mass is 32.2. The highest BCUT2D eigenvalue weighted by molar-refractivity contribution is 7.92. The van der Waals surface area contributed by atoms with Gasteiger partial charge in [-0.1, -0.05) is 24.3 Å². The smallest absolute Gasteiger partial charge is 0.230 e. The molecular formula is C23H19FN6O2S. The first-order valence-electron chi connectivity index (χ1n) is 9.98. The van der Waals surface area contributed by atoms with E-state index in [1.807, 2.05) is 29.9 Å². The van der Waals surface area contributed by atoms with Gasteiger partial charge in [-0.3, -0.25) is 14.0 Å². The highest BCUT2D eigenvalue weighted by Crippen LogP contribution is 2.39. The van der Waals surface area contributed by atoms with Gasteiger partial charge in [0.25, 0.3) is 0 Å². The Bertz CT molecular complexity index is 1610. The molecule has 5 aromatic rings. The molecule has 0 fully saturated rings. The quantitative estimate of drug-likeness (QED) is 0.426. The van der Waals surface area contributed by atoms with Crippen molar-refractivity contribution in [2.75, 3.05) is 11.0 Å². The van der Waals surface area contributed by atoms with Crippen LogP contribution in [-0.2, 0) is 17.1 Å². The molecule has 33 heavy (non-hydrogen) atoms. The molecule has 0 atom stereocenters. The van der Waals surface area contributed by atoms with E-state index in [0.29, 0.717) is 22.3 Å². The number of nitrogens with zero attached hydrogens (tertiary/aromatic N) is 5. The molecule has 3 aromatic heterocycles. The predicted octanol–water partition coefficient (Wildman–Crippen LogP) is 4.00. The number of nitrogens with one attached hydrogen (secondary N) is 1. The van der Waals surface area contributed by atoms with Crippen molar-refractivity contribution in [3.05, 3.63) is 79.3 Å². The van der Waals surface area contributed by atoms with Crippen molar-refractivity contribution in [3.63, 3.8) is 0 Å². The zero-order valence-electron chi connectivity index (χ0n) is 17.8. The Hall–Kier alpha value is -4.05. The number of imidazole rings is 1. The van der Waals surface area contributed by atoms with Gasteiger partial charge in [-0.2, -0.15) is 5.10 Å². The summed E-state index contributed by atoms with van der Waals surface area (Å²) in [6, 6.07) is 13.7. The standard InChI is InChI=1S/C23H19FN6O2S/c1-29-13-15(12-27-29)17-7-8-20-23(22(17)18-5-3-4-6-19(18)24)26-14-30(20)16-9-10-25-21(11-16)28-33(2,31)32/h3-14H,1-2H3,(H,25,28). The molecule has 0 radical (unpaired) electrons. The third-order valence-corrected chi connectivity index (χ3v) is 5.77. The molecule has 2 aromatic carbocycles. The minimum Gasteiger partial charge on any atom is -0.299 e. The van der Waals surface area contributed by atoms with Crippen molar-refractivity contribution in [1.82, 2.24) is 24.3 Å². The predicted molar refractivity (Wildman–Crippen MR) is 125 cm³/mol. The topological polar surface area (TPSA) is 94.7 Å². The molecule has 0 amide bonds. The Kier molecular flexibility index (Phi) is 4.94. The molecule has 0 aliphatic heterocycles. The molecule has 0 bridgehead atoms. The van der Waals surface area contributed by atoms with Crippen LogP contribution in [0.1, 0.15) is 0 Å². The van der Waals surface area contributed by atoms with Gasteiger partial charge in [0, 0.05) is 42.2 Å². The molecule has 166 valence electrons. The summed E-state index contributed by atoms with van der Waals surface area (Å²) in [6.45, 7) is 0. The second-order valence-electron chi connectivity index (χ2n) is 7.63. The van der Waals surface area contributed by atoms with Gasteiger partial charge in [-0.05, 0) is 23.8 Å². The van der Waals surface area contributed by atoms with E-state index in [1.54, 1.807) is 47.5 Å². The molecule has 0 aliphatic rings. The zero-order valence-corrected chi connectivity index (χ0v) is 18.6. The summed E-state index contributed by atoms with van der Waals surface area (Å²) in [7, 11) is -1.65. The van der Waals surface area contributed by atoms with Crippen LogP contribution in [0.4, 0.5) is 10.2 Å². The number of hydrogen-bond acceptors (Lipinski definition) is 5. The van der Waals surface area contributed by atoms with Crippen LogP contribution in [0.25, 0.3) is 39.0 Å². The van der Waals surface area contributed by atoms with Crippen molar-refractivity contribution in [1.29, 1.82) is 0 Å². The lowest BCUT2D eigenvalue weighted by atomic mass is 9.94. The molecule has 5 rings (SSSR count). The monoisotopic (exact) mass is 462 g/mol. The van der Waals surface area contributed by atoms with E-state index in [9.17, 15) is 12.8 Å². The summed E-state index contributed by atoms with van der Waals surface area (Å²) in [5.41, 5.74) is 4.73. The summed E-state index contributed by atoms with van der Waals surface area (Å²) in [6.07, 6.45) is 7.80. The summed E-state index contributed by atoms with van der Waals surface area (Å²) < 4.78 is 44.0. The number of aryl methyl sites for hydroxylation is 1. The van der Waals surface area contributed by atoms with Crippen LogP contribution in [-0.4, -0.2) is 39.0 Å². The maximum Gasteiger partial charge on any atom is 0.230 e. The summed E-state index contributed by atoms with van der Waals surface area (Å²) in [5.74, 6) is -0.161. The zero-order chi connectivity index (χ0) is 23.2. The Labute approximate surface area is 189 Å². The summed E-state index contributed by atoms with van der Waals surface area (Å²) in [4.78, 5) is 8.68. The fourth-order valence-corrected chi connectivity index (χ4v) is 4.33. The van der Waals surface area contributed by atoms with E-state index < -0.39 is 10.0 Å². The molecule has 0 saturated heterocycles. The van der Waals surface area contributed by atoms with Gasteiger partial charge in [-0.15, -0.1) is 0 Å². The Morgan fingerprint density at radius 1 is 1.03 bits per heavy atom. The van der Waals surface area contributed by atoms with Crippen molar-refractivity contribution < 1.29 is 12.8 Å². The number of benzene rings is 2. The van der Waals surface area contributed by atoms with Crippen molar-refractivity contribution in [2.45, 2.75) is 0 Å². The lowest BCUT2D eigenvalue weighted by molar-refractivity contribution is 0.606. The van der Waals surface area contributed by atoms with Gasteiger partial charge < -0.3 is 0 Å². The summed E-state index contributed by atoms with van der Waals surface area (Å²) in [5, 5.41) is 4.26. The van der Waals surface area contributed by atoms with Gasteiger partial charge in [0.15, 0.2) is 0 Å². The fraction of sp³-hybridized carbons (Fsp3) is 0.0870. The maximum absolute atomic E-state index is 14.9. The van der Waals surface area contributed by atoms with Crippen LogP contribution in [0.15, 0.2) is 73.4 Å². The average molecular weight is 463 g/mol. The average Bonchev–Trinajstić information content (AvgIpc) is 3.39. The minimum absolute atomic E-state index is 0.193. The van der Waals surface area contributed by atoms with Crippen LogP contribution in [0.5, 0.6) is 0 Å². The van der Waals surface area contributed by atoms with Gasteiger partial charge in [0.2, 0.25) is 10.0 Å². The van der Waals surface area contributed by atoms with Crippen molar-refractivity contribution in [3.8, 4) is 27.9 Å². The number of aromatic nitrogens is 5. The second kappa shape index (κ2) is 7.82. The van der Waals surface area contributed by atoms with E-state index in [2.05, 4.69) is 19.8 Å². The third kappa shape index (κ3) is 3.96. The van der Waals surface area contributed by atoms with Crippen molar-refractivity contribution in [2.24, 2.45) is 7.05 Å². The SMILES string of the molecule is Cn1cc(-c2ccc3c(ncn3-c3ccnc(NS(C)(=O)=O)c3)c2-c2ccccc2F)cn1. The first-order chi connectivity index (χ1) is 15.8. The molecule has 0 unspecified atom stereocenters. The van der Waals surface area contributed by atoms with Gasteiger partial charge in [0.1, 0.15) is 18.0 Å². The number of fused-ring (bicyclic) bond motifs is 1. The number of sulfonamides is 1. The van der Waals surface area contributed by atoms with E-state index in [4.69, 9.17) is 0 Å². The van der Waals surface area contributed by atoms with Crippen LogP contribution in [0, 0.1) is 5.82 Å². The third-order valence-electron chi connectivity index (χ3n) is 5.19. The number of rotatable bonds is 5. The second-order valence-corrected chi connectivity index (χ2v) is 9.37. The molecule has 0 saturated carbocycles. The van der Waals surface area contributed by atoms with Gasteiger partial charge >= 0.3 is 0 Å². The van der Waals surface area contributed by atoms with E-state index in [1.165, 1.54) is 12.3 Å². The van der Waals surface area contributed by atoms with Crippen LogP contribution >= 0.6 is 0 Å². The Balaban J connectivity index is 1.74. The first-order valence-corrected chi connectivity index (χ1v) is 11.9. The minimum atomic E-state index is -3.47. The molecule has 3 heterocycles. The molecule has 0 aliphatic carbocycles. The Morgan fingerprint density at radius 2 is 1.85 bits per heavy atom. The Morgan fingerprint density at radius 3 is 2.58 bits per heavy atom. The van der Waals surface area contributed by atoms with Gasteiger partial charge in [-0.25, -0.2) is 22.8 Å². The largest absolute Gasteiger partial charge is 0.299 e. The molecule has 0 spiro atoms. The van der Waals surface area contributed by atoms with Crippen LogP contribution in [0.2, 0.25) is 0 Å². The first kappa shape index (κ1) is 20.8.